The van der Waals surface area contributed by atoms with Gasteiger partial charge in [0.05, 0.1) is 0 Å². The lowest BCUT2D eigenvalue weighted by molar-refractivity contribution is -0.118. The van der Waals surface area contributed by atoms with Crippen LogP contribution in [0.15, 0.2) is 48.5 Å². The Morgan fingerprint density at radius 2 is 1.71 bits per heavy atom. The van der Waals surface area contributed by atoms with E-state index in [1.807, 2.05) is 24.3 Å². The minimum atomic E-state index is -0.168. The Kier molecular flexibility index (Phi) is 5.10. The van der Waals surface area contributed by atoms with Crippen molar-refractivity contribution in [3.8, 4) is 0 Å². The second kappa shape index (κ2) is 7.84. The number of carbonyl (C=O) groups is 3. The zero-order chi connectivity index (χ0) is 19.5. The van der Waals surface area contributed by atoms with Gasteiger partial charge in [-0.05, 0) is 61.2 Å². The van der Waals surface area contributed by atoms with Crippen LogP contribution >= 0.6 is 0 Å². The van der Waals surface area contributed by atoms with Gasteiger partial charge in [-0.2, -0.15) is 0 Å². The van der Waals surface area contributed by atoms with Crippen LogP contribution in [0.5, 0.6) is 0 Å². The number of benzene rings is 2. The molecule has 2 fully saturated rings. The predicted octanol–water partition coefficient (Wildman–Crippen LogP) is 3.09. The molecule has 0 aromatic heterocycles. The second-order valence-corrected chi connectivity index (χ2v) is 7.34. The monoisotopic (exact) mass is 377 g/mol. The molecule has 1 heterocycles. The predicted molar refractivity (Wildman–Crippen MR) is 107 cm³/mol. The van der Waals surface area contributed by atoms with Crippen LogP contribution in [0.4, 0.5) is 11.4 Å². The quantitative estimate of drug-likeness (QED) is 0.812. The number of hydrogen-bond acceptors (Lipinski definition) is 3. The Labute approximate surface area is 163 Å². The van der Waals surface area contributed by atoms with Crippen molar-refractivity contribution in [1.82, 2.24) is 5.32 Å². The highest BCUT2D eigenvalue weighted by atomic mass is 16.2. The van der Waals surface area contributed by atoms with E-state index in [1.165, 1.54) is 0 Å². The highest BCUT2D eigenvalue weighted by molar-refractivity contribution is 5.97. The van der Waals surface area contributed by atoms with Crippen LogP contribution < -0.4 is 15.5 Å². The number of hydrogen-bond donors (Lipinski definition) is 2. The average Bonchev–Trinajstić information content (AvgIpc) is 3.48. The van der Waals surface area contributed by atoms with E-state index in [-0.39, 0.29) is 23.6 Å². The molecule has 0 bridgehead atoms. The fraction of sp³-hybridized carbons (Fsp3) is 0.318. The first-order valence-electron chi connectivity index (χ1n) is 9.68. The molecule has 2 N–H and O–H groups in total. The average molecular weight is 377 g/mol. The van der Waals surface area contributed by atoms with Gasteiger partial charge in [-0.15, -0.1) is 0 Å². The lowest BCUT2D eigenvalue weighted by Gasteiger charge is -2.16. The van der Waals surface area contributed by atoms with E-state index in [9.17, 15) is 14.4 Å². The summed E-state index contributed by atoms with van der Waals surface area (Å²) < 4.78 is 0. The van der Waals surface area contributed by atoms with Crippen molar-refractivity contribution in [2.75, 3.05) is 16.8 Å². The van der Waals surface area contributed by atoms with Crippen LogP contribution in [0.1, 0.15) is 41.6 Å². The largest absolute Gasteiger partial charge is 0.348 e. The van der Waals surface area contributed by atoms with Crippen molar-refractivity contribution in [1.29, 1.82) is 0 Å². The van der Waals surface area contributed by atoms with Crippen LogP contribution in [0.3, 0.4) is 0 Å². The van der Waals surface area contributed by atoms with Crippen LogP contribution in [-0.4, -0.2) is 24.3 Å². The van der Waals surface area contributed by atoms with Gasteiger partial charge in [0.1, 0.15) is 0 Å². The van der Waals surface area contributed by atoms with Crippen LogP contribution in [-0.2, 0) is 16.1 Å². The van der Waals surface area contributed by atoms with Gasteiger partial charge in [-0.3, -0.25) is 14.4 Å². The summed E-state index contributed by atoms with van der Waals surface area (Å²) in [6.07, 6.45) is 3.43. The Morgan fingerprint density at radius 3 is 2.32 bits per heavy atom. The number of nitrogens with zero attached hydrogens (tertiary/aromatic N) is 1. The smallest absolute Gasteiger partial charge is 0.251 e. The van der Waals surface area contributed by atoms with Gasteiger partial charge >= 0.3 is 0 Å². The molecule has 1 aliphatic carbocycles. The maximum Gasteiger partial charge on any atom is 0.251 e. The molecule has 0 atom stereocenters. The van der Waals surface area contributed by atoms with Crippen LogP contribution in [0.25, 0.3) is 0 Å². The molecule has 144 valence electrons. The standard InChI is InChI=1S/C22H23N3O3/c26-20-2-1-13-25(20)19-11-3-15(4-12-19)14-23-21(27)16-7-9-18(10-8-16)24-22(28)17-5-6-17/h3-4,7-12,17H,1-2,5-6,13-14H2,(H,23,27)(H,24,28). The van der Waals surface area contributed by atoms with Gasteiger partial charge < -0.3 is 15.5 Å². The fourth-order valence-electron chi connectivity index (χ4n) is 3.29. The van der Waals surface area contributed by atoms with Gasteiger partial charge in [-0.1, -0.05) is 12.1 Å². The Balaban J connectivity index is 1.30. The maximum atomic E-state index is 12.3. The minimum absolute atomic E-state index is 0.0521. The molecular weight excluding hydrogens is 354 g/mol. The van der Waals surface area contributed by atoms with Gasteiger partial charge in [-0.25, -0.2) is 0 Å². The second-order valence-electron chi connectivity index (χ2n) is 7.34. The molecule has 1 saturated carbocycles. The Morgan fingerprint density at radius 1 is 1.00 bits per heavy atom. The van der Waals surface area contributed by atoms with Crippen LogP contribution in [0.2, 0.25) is 0 Å². The molecule has 6 heteroatoms. The molecule has 2 aromatic carbocycles. The summed E-state index contributed by atoms with van der Waals surface area (Å²) in [7, 11) is 0. The van der Waals surface area contributed by atoms with Crippen molar-refractivity contribution in [2.45, 2.75) is 32.2 Å². The summed E-state index contributed by atoms with van der Waals surface area (Å²) in [6.45, 7) is 1.18. The molecule has 0 unspecified atom stereocenters. The molecular formula is C22H23N3O3. The molecule has 1 aliphatic heterocycles. The van der Waals surface area contributed by atoms with Gasteiger partial charge in [0, 0.05) is 42.4 Å². The number of anilines is 2. The van der Waals surface area contributed by atoms with Crippen LogP contribution in [0, 0.1) is 5.92 Å². The first-order valence-corrected chi connectivity index (χ1v) is 9.68. The molecule has 4 rings (SSSR count). The normalized spacial score (nSPS) is 16.1. The molecule has 6 nitrogen and oxygen atoms in total. The number of rotatable bonds is 6. The summed E-state index contributed by atoms with van der Waals surface area (Å²) in [6, 6.07) is 14.6. The van der Waals surface area contributed by atoms with E-state index in [0.29, 0.717) is 24.2 Å². The third-order valence-corrected chi connectivity index (χ3v) is 5.14. The van der Waals surface area contributed by atoms with Gasteiger partial charge in [0.2, 0.25) is 11.8 Å². The fourth-order valence-corrected chi connectivity index (χ4v) is 3.29. The van der Waals surface area contributed by atoms with Crippen molar-refractivity contribution < 1.29 is 14.4 Å². The zero-order valence-corrected chi connectivity index (χ0v) is 15.6. The minimum Gasteiger partial charge on any atom is -0.348 e. The molecule has 0 spiro atoms. The molecule has 2 aromatic rings. The van der Waals surface area contributed by atoms with Gasteiger partial charge in [0.15, 0.2) is 0 Å². The molecule has 0 radical (unpaired) electrons. The maximum absolute atomic E-state index is 12.3. The van der Waals surface area contributed by atoms with E-state index in [1.54, 1.807) is 29.2 Å². The first-order chi connectivity index (χ1) is 13.6. The number of carbonyl (C=O) groups excluding carboxylic acids is 3. The zero-order valence-electron chi connectivity index (χ0n) is 15.6. The van der Waals surface area contributed by atoms with E-state index >= 15 is 0 Å². The summed E-state index contributed by atoms with van der Waals surface area (Å²) in [5, 5.41) is 5.76. The SMILES string of the molecule is O=C(NCc1ccc(N2CCCC2=O)cc1)c1ccc(NC(=O)C2CC2)cc1. The van der Waals surface area contributed by atoms with Crippen molar-refractivity contribution >= 4 is 29.1 Å². The topological polar surface area (TPSA) is 78.5 Å². The van der Waals surface area contributed by atoms with Crippen molar-refractivity contribution in [3.63, 3.8) is 0 Å². The Bertz CT molecular complexity index is 886. The summed E-state index contributed by atoms with van der Waals surface area (Å²) in [5.41, 5.74) is 3.13. The Hall–Kier alpha value is -3.15. The molecule has 2 aliphatic rings. The lowest BCUT2D eigenvalue weighted by Crippen LogP contribution is -2.24. The first kappa shape index (κ1) is 18.2. The summed E-state index contributed by atoms with van der Waals surface area (Å²) in [4.78, 5) is 37.7. The number of amides is 3. The summed E-state index contributed by atoms with van der Waals surface area (Å²) >= 11 is 0. The van der Waals surface area contributed by atoms with E-state index in [2.05, 4.69) is 10.6 Å². The van der Waals surface area contributed by atoms with Crippen molar-refractivity contribution in [2.24, 2.45) is 5.92 Å². The molecule has 28 heavy (non-hydrogen) atoms. The van der Waals surface area contributed by atoms with E-state index < -0.39 is 0 Å². The van der Waals surface area contributed by atoms with E-state index in [0.717, 1.165) is 37.1 Å². The molecule has 3 amide bonds. The highest BCUT2D eigenvalue weighted by Gasteiger charge is 2.29. The third-order valence-electron chi connectivity index (χ3n) is 5.14. The highest BCUT2D eigenvalue weighted by Crippen LogP contribution is 2.30. The summed E-state index contributed by atoms with van der Waals surface area (Å²) in [5.74, 6) is 0.200. The third kappa shape index (κ3) is 4.22. The van der Waals surface area contributed by atoms with E-state index in [4.69, 9.17) is 0 Å². The lowest BCUT2D eigenvalue weighted by atomic mass is 10.1. The van der Waals surface area contributed by atoms with Crippen molar-refractivity contribution in [3.05, 3.63) is 59.7 Å². The number of nitrogens with one attached hydrogen (secondary N) is 2. The molecule has 1 saturated heterocycles. The van der Waals surface area contributed by atoms with Gasteiger partial charge in [0.25, 0.3) is 5.91 Å².